The van der Waals surface area contributed by atoms with Gasteiger partial charge in [-0.05, 0) is 43.0 Å². The van der Waals surface area contributed by atoms with E-state index in [-0.39, 0.29) is 49.6 Å². The summed E-state index contributed by atoms with van der Waals surface area (Å²) in [5.41, 5.74) is 0.326. The van der Waals surface area contributed by atoms with Crippen LogP contribution < -0.4 is 4.74 Å². The van der Waals surface area contributed by atoms with Gasteiger partial charge in [0.05, 0.1) is 15.8 Å². The highest BCUT2D eigenvalue weighted by Gasteiger charge is 2.29. The van der Waals surface area contributed by atoms with Crippen molar-refractivity contribution in [1.29, 1.82) is 0 Å². The number of benzene rings is 2. The van der Waals surface area contributed by atoms with Gasteiger partial charge in [-0.25, -0.2) is 13.2 Å². The summed E-state index contributed by atoms with van der Waals surface area (Å²) >= 11 is 12.7. The fourth-order valence-corrected chi connectivity index (χ4v) is 5.83. The van der Waals surface area contributed by atoms with Gasteiger partial charge in [0.15, 0.2) is 15.6 Å². The van der Waals surface area contributed by atoms with Crippen molar-refractivity contribution in [2.24, 2.45) is 5.92 Å². The molecule has 7 nitrogen and oxygen atoms in total. The summed E-state index contributed by atoms with van der Waals surface area (Å²) in [5.74, 6) is -1.35. The normalized spacial score (nSPS) is 14.6. The van der Waals surface area contributed by atoms with Gasteiger partial charge < -0.3 is 19.9 Å². The number of ether oxygens (including phenoxy) is 1. The van der Waals surface area contributed by atoms with E-state index in [1.54, 1.807) is 0 Å². The summed E-state index contributed by atoms with van der Waals surface area (Å²) in [6.45, 7) is 0. The van der Waals surface area contributed by atoms with E-state index in [1.165, 1.54) is 24.3 Å². The predicted octanol–water partition coefficient (Wildman–Crippen LogP) is 5.24. The zero-order valence-corrected chi connectivity index (χ0v) is 17.8. The number of hydrogen-bond donors (Lipinski definition) is 3. The van der Waals surface area contributed by atoms with Crippen LogP contribution in [0.25, 0.3) is 10.9 Å². The number of aromatic carboxylic acids is 1. The standard InChI is InChI=1S/C20H17Cl2NO6S/c21-13-8-14-12(7-15(23-14)20(25)26)18(22)19(13)29-16-5-4-11(24)6-17(16)30(27,28)9-10-2-1-3-10/h4-8,10,23-24H,1-3,9H2,(H,25,26). The Hall–Kier alpha value is -2.42. The van der Waals surface area contributed by atoms with E-state index in [1.807, 2.05) is 0 Å². The highest BCUT2D eigenvalue weighted by molar-refractivity contribution is 7.91. The number of H-pyrrole nitrogens is 1. The van der Waals surface area contributed by atoms with Gasteiger partial charge in [0.2, 0.25) is 0 Å². The Kier molecular flexibility index (Phi) is 5.34. The molecule has 30 heavy (non-hydrogen) atoms. The first-order chi connectivity index (χ1) is 14.2. The number of carboxylic acids is 1. The molecule has 0 bridgehead atoms. The smallest absolute Gasteiger partial charge is 0.352 e. The van der Waals surface area contributed by atoms with Gasteiger partial charge in [-0.3, -0.25) is 0 Å². The zero-order valence-electron chi connectivity index (χ0n) is 15.5. The maximum absolute atomic E-state index is 12.9. The van der Waals surface area contributed by atoms with Crippen LogP contribution >= 0.6 is 23.2 Å². The van der Waals surface area contributed by atoms with Crippen LogP contribution in [0.1, 0.15) is 29.8 Å². The third-order valence-electron chi connectivity index (χ3n) is 5.16. The molecule has 1 aliphatic carbocycles. The number of aromatic hydroxyl groups is 1. The second kappa shape index (κ2) is 7.68. The zero-order chi connectivity index (χ0) is 21.6. The maximum atomic E-state index is 12.9. The SMILES string of the molecule is O=C(O)c1cc2c(Cl)c(Oc3ccc(O)cc3S(=O)(=O)CC3CCC3)c(Cl)cc2[nH]1. The van der Waals surface area contributed by atoms with Crippen molar-refractivity contribution in [3.8, 4) is 17.2 Å². The van der Waals surface area contributed by atoms with E-state index in [0.29, 0.717) is 10.9 Å². The second-order valence-corrected chi connectivity index (χ2v) is 10.1. The molecule has 2 aromatic carbocycles. The van der Waals surface area contributed by atoms with Crippen LogP contribution in [0.4, 0.5) is 0 Å². The van der Waals surface area contributed by atoms with Crippen molar-refractivity contribution < 1.29 is 28.2 Å². The maximum Gasteiger partial charge on any atom is 0.352 e. The fraction of sp³-hybridized carbons (Fsp3) is 0.250. The van der Waals surface area contributed by atoms with Crippen molar-refractivity contribution >= 4 is 49.9 Å². The molecule has 0 saturated heterocycles. The topological polar surface area (TPSA) is 117 Å². The Labute approximate surface area is 182 Å². The molecule has 0 atom stereocenters. The van der Waals surface area contributed by atoms with Crippen LogP contribution in [0.2, 0.25) is 10.0 Å². The molecule has 0 aliphatic heterocycles. The summed E-state index contributed by atoms with van der Waals surface area (Å²) in [6.07, 6.45) is 2.70. The predicted molar refractivity (Wildman–Crippen MR) is 113 cm³/mol. The molecule has 158 valence electrons. The molecule has 1 aromatic heterocycles. The monoisotopic (exact) mass is 469 g/mol. The van der Waals surface area contributed by atoms with Crippen LogP contribution in [0.5, 0.6) is 17.2 Å². The van der Waals surface area contributed by atoms with Crippen molar-refractivity contribution in [3.05, 3.63) is 46.1 Å². The van der Waals surface area contributed by atoms with Gasteiger partial charge in [0, 0.05) is 17.0 Å². The minimum atomic E-state index is -3.72. The molecule has 0 radical (unpaired) electrons. The number of phenols is 1. The van der Waals surface area contributed by atoms with Gasteiger partial charge in [-0.15, -0.1) is 0 Å². The van der Waals surface area contributed by atoms with E-state index in [4.69, 9.17) is 27.9 Å². The number of aromatic nitrogens is 1. The third-order valence-corrected chi connectivity index (χ3v) is 7.71. The van der Waals surface area contributed by atoms with Gasteiger partial charge in [-0.1, -0.05) is 29.6 Å². The van der Waals surface area contributed by atoms with Crippen LogP contribution in [-0.2, 0) is 9.84 Å². The molecule has 1 saturated carbocycles. The minimum absolute atomic E-state index is 0.00689. The molecule has 10 heteroatoms. The lowest BCUT2D eigenvalue weighted by molar-refractivity contribution is 0.0691. The molecule has 1 aliphatic rings. The number of aromatic amines is 1. The number of phenolic OH excluding ortho intramolecular Hbond substituents is 1. The van der Waals surface area contributed by atoms with Gasteiger partial charge >= 0.3 is 5.97 Å². The number of nitrogens with one attached hydrogen (secondary N) is 1. The molecular weight excluding hydrogens is 453 g/mol. The summed E-state index contributed by atoms with van der Waals surface area (Å²) in [5, 5.41) is 19.5. The highest BCUT2D eigenvalue weighted by atomic mass is 35.5. The average Bonchev–Trinajstić information content (AvgIpc) is 3.07. The van der Waals surface area contributed by atoms with Crippen LogP contribution in [-0.4, -0.2) is 35.3 Å². The lowest BCUT2D eigenvalue weighted by Crippen LogP contribution is -2.22. The minimum Gasteiger partial charge on any atom is -0.508 e. The quantitative estimate of drug-likeness (QED) is 0.454. The second-order valence-electron chi connectivity index (χ2n) is 7.26. The Morgan fingerprint density at radius 2 is 1.93 bits per heavy atom. The first kappa shape index (κ1) is 20.8. The van der Waals surface area contributed by atoms with E-state index in [9.17, 15) is 23.4 Å². The summed E-state index contributed by atoms with van der Waals surface area (Å²) < 4.78 is 31.7. The molecule has 1 heterocycles. The summed E-state index contributed by atoms with van der Waals surface area (Å²) in [7, 11) is -3.72. The molecule has 0 spiro atoms. The first-order valence-electron chi connectivity index (χ1n) is 9.13. The number of sulfone groups is 1. The van der Waals surface area contributed by atoms with Gasteiger partial charge in [0.25, 0.3) is 0 Å². The molecule has 0 amide bonds. The molecular formula is C20H17Cl2NO6S. The van der Waals surface area contributed by atoms with E-state index in [0.717, 1.165) is 25.3 Å². The van der Waals surface area contributed by atoms with Gasteiger partial charge in [-0.2, -0.15) is 0 Å². The van der Waals surface area contributed by atoms with Crippen molar-refractivity contribution in [2.75, 3.05) is 5.75 Å². The van der Waals surface area contributed by atoms with Crippen molar-refractivity contribution in [2.45, 2.75) is 24.2 Å². The highest BCUT2D eigenvalue weighted by Crippen LogP contribution is 2.44. The number of rotatable bonds is 6. The largest absolute Gasteiger partial charge is 0.508 e. The molecule has 1 fully saturated rings. The Morgan fingerprint density at radius 1 is 1.20 bits per heavy atom. The summed E-state index contributed by atoms with van der Waals surface area (Å²) in [6, 6.07) is 6.57. The first-order valence-corrected chi connectivity index (χ1v) is 11.5. The summed E-state index contributed by atoms with van der Waals surface area (Å²) in [4.78, 5) is 13.8. The van der Waals surface area contributed by atoms with Crippen molar-refractivity contribution in [3.63, 3.8) is 0 Å². The molecule has 0 unspecified atom stereocenters. The Morgan fingerprint density at radius 3 is 2.57 bits per heavy atom. The van der Waals surface area contributed by atoms with Crippen LogP contribution in [0, 0.1) is 5.92 Å². The average molecular weight is 470 g/mol. The third kappa shape index (κ3) is 3.82. The number of carbonyl (C=O) groups is 1. The van der Waals surface area contributed by atoms with E-state index < -0.39 is 15.8 Å². The molecule has 3 aromatic rings. The van der Waals surface area contributed by atoms with Crippen LogP contribution in [0.15, 0.2) is 35.2 Å². The fourth-order valence-electron chi connectivity index (χ4n) is 3.39. The van der Waals surface area contributed by atoms with Gasteiger partial charge in [0.1, 0.15) is 22.1 Å². The molecule has 4 rings (SSSR count). The number of hydrogen-bond acceptors (Lipinski definition) is 5. The lowest BCUT2D eigenvalue weighted by Gasteiger charge is -2.25. The van der Waals surface area contributed by atoms with E-state index >= 15 is 0 Å². The van der Waals surface area contributed by atoms with E-state index in [2.05, 4.69) is 4.98 Å². The Bertz CT molecular complexity index is 1260. The lowest BCUT2D eigenvalue weighted by atomic mass is 9.87. The van der Waals surface area contributed by atoms with Crippen molar-refractivity contribution in [1.82, 2.24) is 4.98 Å². The Balaban J connectivity index is 1.77. The number of halogens is 2. The van der Waals surface area contributed by atoms with Crippen LogP contribution in [0.3, 0.4) is 0 Å². The number of carboxylic acid groups (broad SMARTS) is 1. The number of fused-ring (bicyclic) bond motifs is 1. The molecule has 3 N–H and O–H groups in total.